The molecule has 0 heterocycles. The van der Waals surface area contributed by atoms with Crippen LogP contribution in [0.4, 0.5) is 18.9 Å². The average molecular weight is 241 g/mol. The minimum atomic E-state index is -5.43. The Morgan fingerprint density at radius 1 is 1.27 bits per heavy atom. The van der Waals surface area contributed by atoms with Crippen molar-refractivity contribution in [1.29, 1.82) is 0 Å². The number of hydrogen-bond acceptors (Lipinski definition) is 4. The van der Waals surface area contributed by atoms with Crippen LogP contribution < -0.4 is 5.73 Å². The molecule has 0 spiro atoms. The first kappa shape index (κ1) is 11.6. The van der Waals surface area contributed by atoms with E-state index in [9.17, 15) is 21.6 Å². The maximum atomic E-state index is 12.1. The van der Waals surface area contributed by atoms with Gasteiger partial charge in [-0.2, -0.15) is 13.2 Å². The molecule has 4 nitrogen and oxygen atoms in total. The highest BCUT2D eigenvalue weighted by atomic mass is 32.2. The van der Waals surface area contributed by atoms with Crippen molar-refractivity contribution in [2.45, 2.75) is 10.4 Å². The Bertz CT molecular complexity index is 481. The maximum absolute atomic E-state index is 12.1. The zero-order valence-electron chi connectivity index (χ0n) is 7.12. The van der Waals surface area contributed by atoms with E-state index in [0.29, 0.717) is 12.1 Å². The van der Waals surface area contributed by atoms with Crippen molar-refractivity contribution in [2.24, 2.45) is 0 Å². The number of halogens is 3. The summed E-state index contributed by atoms with van der Waals surface area (Å²) in [6.07, 6.45) is 0. The fraction of sp³-hybridized carbons (Fsp3) is 0.143. The molecule has 0 aromatic heterocycles. The largest absolute Gasteiger partial charge is 0.506 e. The van der Waals surface area contributed by atoms with Gasteiger partial charge in [0.2, 0.25) is 0 Å². The zero-order chi connectivity index (χ0) is 11.9. The van der Waals surface area contributed by atoms with Crippen LogP contribution in [0.2, 0.25) is 0 Å². The number of anilines is 1. The summed E-state index contributed by atoms with van der Waals surface area (Å²) in [5.74, 6) is -0.708. The molecule has 1 aromatic carbocycles. The van der Waals surface area contributed by atoms with E-state index in [4.69, 9.17) is 10.8 Å². The third kappa shape index (κ3) is 1.99. The molecule has 0 aliphatic rings. The van der Waals surface area contributed by atoms with Gasteiger partial charge in [0.05, 0.1) is 10.6 Å². The van der Waals surface area contributed by atoms with Gasteiger partial charge in [0.15, 0.2) is 0 Å². The molecule has 0 unspecified atom stereocenters. The Labute approximate surface area is 83.1 Å². The Morgan fingerprint density at radius 3 is 2.20 bits per heavy atom. The first-order valence-electron chi connectivity index (χ1n) is 3.56. The lowest BCUT2D eigenvalue weighted by Gasteiger charge is -2.08. The molecular weight excluding hydrogens is 235 g/mol. The Hall–Kier alpha value is -1.44. The van der Waals surface area contributed by atoms with Crippen LogP contribution >= 0.6 is 0 Å². The number of benzene rings is 1. The highest BCUT2D eigenvalue weighted by Crippen LogP contribution is 2.33. The summed E-state index contributed by atoms with van der Waals surface area (Å²) in [5, 5.41) is 8.97. The molecular formula is C7H6F3NO3S. The van der Waals surface area contributed by atoms with E-state index in [1.807, 2.05) is 0 Å². The molecule has 0 radical (unpaired) electrons. The van der Waals surface area contributed by atoms with Gasteiger partial charge in [-0.25, -0.2) is 8.42 Å². The van der Waals surface area contributed by atoms with E-state index in [1.54, 1.807) is 0 Å². The topological polar surface area (TPSA) is 80.4 Å². The lowest BCUT2D eigenvalue weighted by molar-refractivity contribution is -0.0436. The molecule has 1 aromatic rings. The van der Waals surface area contributed by atoms with Crippen LogP contribution in [0.15, 0.2) is 23.1 Å². The van der Waals surface area contributed by atoms with Crippen LogP contribution in [0.5, 0.6) is 5.75 Å². The molecule has 8 heteroatoms. The number of sulfone groups is 1. The third-order valence-corrected chi connectivity index (χ3v) is 3.10. The lowest BCUT2D eigenvalue weighted by atomic mass is 10.3. The van der Waals surface area contributed by atoms with Gasteiger partial charge in [-0.3, -0.25) is 0 Å². The lowest BCUT2D eigenvalue weighted by Crippen LogP contribution is -2.23. The number of alkyl halides is 3. The highest BCUT2D eigenvalue weighted by molar-refractivity contribution is 7.92. The quantitative estimate of drug-likeness (QED) is 0.573. The molecule has 0 atom stereocenters. The Kier molecular flexibility index (Phi) is 2.56. The van der Waals surface area contributed by atoms with Crippen LogP contribution in [0, 0.1) is 0 Å². The van der Waals surface area contributed by atoms with Gasteiger partial charge in [-0.05, 0) is 12.1 Å². The van der Waals surface area contributed by atoms with E-state index in [1.165, 1.54) is 0 Å². The van der Waals surface area contributed by atoms with Crippen LogP contribution in [-0.2, 0) is 9.84 Å². The summed E-state index contributed by atoms with van der Waals surface area (Å²) in [7, 11) is -5.43. The van der Waals surface area contributed by atoms with E-state index >= 15 is 0 Å². The number of rotatable bonds is 1. The van der Waals surface area contributed by atoms with Crippen molar-refractivity contribution in [3.05, 3.63) is 18.2 Å². The fourth-order valence-electron chi connectivity index (χ4n) is 0.824. The third-order valence-electron chi connectivity index (χ3n) is 1.62. The van der Waals surface area contributed by atoms with Crippen molar-refractivity contribution in [3.8, 4) is 5.75 Å². The second-order valence-electron chi connectivity index (χ2n) is 2.67. The SMILES string of the molecule is Nc1ccc(S(=O)(=O)C(F)(F)F)cc1O. The molecule has 0 saturated heterocycles. The number of aromatic hydroxyl groups is 1. The van der Waals surface area contributed by atoms with Gasteiger partial charge >= 0.3 is 5.51 Å². The molecule has 15 heavy (non-hydrogen) atoms. The number of hydrogen-bond donors (Lipinski definition) is 2. The van der Waals surface area contributed by atoms with Gasteiger partial charge in [0, 0.05) is 6.07 Å². The van der Waals surface area contributed by atoms with Crippen LogP contribution in [0.3, 0.4) is 0 Å². The van der Waals surface area contributed by atoms with E-state index < -0.39 is 26.0 Å². The zero-order valence-corrected chi connectivity index (χ0v) is 7.93. The summed E-state index contributed by atoms with van der Waals surface area (Å²) in [6, 6.07) is 2.02. The molecule has 0 aliphatic heterocycles. The van der Waals surface area contributed by atoms with E-state index in [2.05, 4.69) is 0 Å². The van der Waals surface area contributed by atoms with Gasteiger partial charge in [-0.1, -0.05) is 0 Å². The van der Waals surface area contributed by atoms with E-state index in [0.717, 1.165) is 6.07 Å². The summed E-state index contributed by atoms with van der Waals surface area (Å²) in [4.78, 5) is -1.04. The minimum Gasteiger partial charge on any atom is -0.506 e. The Balaban J connectivity index is 3.36. The minimum absolute atomic E-state index is 0.198. The molecule has 0 saturated carbocycles. The van der Waals surface area contributed by atoms with Gasteiger partial charge in [-0.15, -0.1) is 0 Å². The van der Waals surface area contributed by atoms with Crippen LogP contribution in [0.25, 0.3) is 0 Å². The van der Waals surface area contributed by atoms with Crippen LogP contribution in [0.1, 0.15) is 0 Å². The number of nitrogen functional groups attached to an aromatic ring is 1. The predicted molar refractivity (Wildman–Crippen MR) is 45.8 cm³/mol. The normalized spacial score (nSPS) is 12.7. The summed E-state index contributed by atoms with van der Waals surface area (Å²) in [6.45, 7) is 0. The standard InChI is InChI=1S/C7H6F3NO3S/c8-7(9,10)15(13,14)4-1-2-5(11)6(12)3-4/h1-3,12H,11H2. The van der Waals surface area contributed by atoms with Crippen molar-refractivity contribution in [3.63, 3.8) is 0 Å². The smallest absolute Gasteiger partial charge is 0.501 e. The van der Waals surface area contributed by atoms with Gasteiger partial charge < -0.3 is 10.8 Å². The average Bonchev–Trinajstić information content (AvgIpc) is 2.07. The first-order valence-corrected chi connectivity index (χ1v) is 5.04. The number of phenols is 1. The van der Waals surface area contributed by atoms with Gasteiger partial charge in [0.1, 0.15) is 5.75 Å². The van der Waals surface area contributed by atoms with Crippen molar-refractivity contribution >= 4 is 15.5 Å². The number of phenolic OH excluding ortho intramolecular Hbond substituents is 1. The predicted octanol–water partition coefficient (Wildman–Crippen LogP) is 1.27. The monoisotopic (exact) mass is 241 g/mol. The Morgan fingerprint density at radius 2 is 1.80 bits per heavy atom. The molecule has 3 N–H and O–H groups in total. The molecule has 0 aliphatic carbocycles. The second-order valence-corrected chi connectivity index (χ2v) is 4.61. The van der Waals surface area contributed by atoms with Crippen LogP contribution in [-0.4, -0.2) is 19.0 Å². The van der Waals surface area contributed by atoms with Crippen molar-refractivity contribution in [2.75, 3.05) is 5.73 Å². The first-order chi connectivity index (χ1) is 6.66. The van der Waals surface area contributed by atoms with Gasteiger partial charge in [0.25, 0.3) is 9.84 Å². The highest BCUT2D eigenvalue weighted by Gasteiger charge is 2.47. The molecule has 84 valence electrons. The second kappa shape index (κ2) is 3.30. The molecule has 0 fully saturated rings. The molecule has 0 bridgehead atoms. The number of nitrogens with two attached hydrogens (primary N) is 1. The fourth-order valence-corrected chi connectivity index (χ4v) is 1.61. The summed E-state index contributed by atoms with van der Waals surface area (Å²) < 4.78 is 57.8. The van der Waals surface area contributed by atoms with Crippen molar-refractivity contribution in [1.82, 2.24) is 0 Å². The van der Waals surface area contributed by atoms with E-state index in [-0.39, 0.29) is 5.69 Å². The summed E-state index contributed by atoms with van der Waals surface area (Å²) >= 11 is 0. The summed E-state index contributed by atoms with van der Waals surface area (Å²) in [5.41, 5.74) is -0.476. The molecule has 0 amide bonds. The molecule has 1 rings (SSSR count). The van der Waals surface area contributed by atoms with Crippen molar-refractivity contribution < 1.29 is 26.7 Å². The maximum Gasteiger partial charge on any atom is 0.501 e.